The number of aromatic nitrogens is 1. The van der Waals surface area contributed by atoms with Crippen molar-refractivity contribution in [3.05, 3.63) is 69.2 Å². The van der Waals surface area contributed by atoms with Crippen molar-refractivity contribution in [2.45, 2.75) is 51.8 Å². The number of nitrogens with zero attached hydrogens (tertiary/aromatic N) is 2. The number of carbonyl (C=O) groups is 1. The molecule has 3 aromatic rings. The topological polar surface area (TPSA) is 83.6 Å². The van der Waals surface area contributed by atoms with E-state index in [9.17, 15) is 19.1 Å². The number of aryl methyl sites for hydroxylation is 2. The quantitative estimate of drug-likeness (QED) is 0.686. The van der Waals surface area contributed by atoms with Gasteiger partial charge in [0.2, 0.25) is 0 Å². The summed E-state index contributed by atoms with van der Waals surface area (Å²) >= 11 is 0. The normalized spacial score (nSPS) is 17.8. The number of halogens is 1. The second kappa shape index (κ2) is 7.89. The molecule has 1 aliphatic carbocycles. The van der Waals surface area contributed by atoms with Gasteiger partial charge >= 0.3 is 5.63 Å². The number of rotatable bonds is 4. The van der Waals surface area contributed by atoms with Crippen LogP contribution in [0.2, 0.25) is 0 Å². The Balaban J connectivity index is 1.79. The third-order valence-corrected chi connectivity index (χ3v) is 6.09. The van der Waals surface area contributed by atoms with Crippen LogP contribution < -0.4 is 10.5 Å². The van der Waals surface area contributed by atoms with Gasteiger partial charge in [0.1, 0.15) is 0 Å². The summed E-state index contributed by atoms with van der Waals surface area (Å²) in [6.45, 7) is 4.81. The molecule has 31 heavy (non-hydrogen) atoms. The first-order chi connectivity index (χ1) is 14.7. The maximum Gasteiger partial charge on any atom is 0.366 e. The van der Waals surface area contributed by atoms with E-state index in [0.717, 1.165) is 31.7 Å². The zero-order valence-electron chi connectivity index (χ0n) is 17.8. The van der Waals surface area contributed by atoms with Crippen LogP contribution >= 0.6 is 0 Å². The van der Waals surface area contributed by atoms with Crippen LogP contribution in [0.4, 0.5) is 10.1 Å². The molecule has 2 atom stereocenters. The van der Waals surface area contributed by atoms with Crippen LogP contribution in [0.1, 0.15) is 48.1 Å². The van der Waals surface area contributed by atoms with E-state index in [4.69, 9.17) is 4.52 Å². The second-order valence-electron chi connectivity index (χ2n) is 8.39. The molecular weight excluding hydrogens is 399 g/mol. The van der Waals surface area contributed by atoms with Gasteiger partial charge in [-0.25, -0.2) is 9.18 Å². The fourth-order valence-corrected chi connectivity index (χ4v) is 4.48. The summed E-state index contributed by atoms with van der Waals surface area (Å²) in [5, 5.41) is 14.5. The minimum absolute atomic E-state index is 0.00529. The fourth-order valence-electron chi connectivity index (χ4n) is 4.48. The molecule has 1 aliphatic rings. The minimum atomic E-state index is -3.03. The van der Waals surface area contributed by atoms with Gasteiger partial charge in [-0.3, -0.25) is 4.79 Å². The highest BCUT2D eigenvalue weighted by atomic mass is 19.2. The maximum atomic E-state index is 14.4. The molecule has 1 N–H and O–H groups in total. The highest BCUT2D eigenvalue weighted by Gasteiger charge is 2.37. The van der Waals surface area contributed by atoms with Crippen LogP contribution in [-0.4, -0.2) is 28.6 Å². The summed E-state index contributed by atoms with van der Waals surface area (Å²) in [7, 11) is 0. The largest absolute Gasteiger partial charge is 0.366 e. The van der Waals surface area contributed by atoms with Crippen molar-refractivity contribution in [3.63, 3.8) is 0 Å². The lowest BCUT2D eigenvalue weighted by Gasteiger charge is -2.34. The van der Waals surface area contributed by atoms with E-state index in [-0.39, 0.29) is 12.5 Å². The number of amides is 1. The number of anilines is 1. The number of carbonyl (C=O) groups excluding carboxylic acids is 1. The minimum Gasteiger partial charge on any atom is -0.355 e. The van der Waals surface area contributed by atoms with Crippen LogP contribution in [0.5, 0.6) is 0 Å². The lowest BCUT2D eigenvalue weighted by Crippen LogP contribution is -2.46. The van der Waals surface area contributed by atoms with E-state index >= 15 is 0 Å². The molecule has 4 rings (SSSR count). The van der Waals surface area contributed by atoms with E-state index in [1.165, 1.54) is 22.1 Å². The monoisotopic (exact) mass is 424 g/mol. The Morgan fingerprint density at radius 2 is 2.06 bits per heavy atom. The molecule has 7 heteroatoms. The lowest BCUT2D eigenvalue weighted by atomic mass is 9.80. The number of hydrogen-bond acceptors (Lipinski definition) is 5. The number of benzene rings is 2. The van der Waals surface area contributed by atoms with Gasteiger partial charge in [0.05, 0.1) is 11.1 Å². The highest BCUT2D eigenvalue weighted by molar-refractivity contribution is 6.00. The molecule has 2 aromatic carbocycles. The Morgan fingerprint density at radius 3 is 2.81 bits per heavy atom. The number of fused-ring (bicyclic) bond motifs is 2. The molecule has 1 aromatic heterocycles. The third kappa shape index (κ3) is 3.97. The van der Waals surface area contributed by atoms with Crippen LogP contribution in [0.25, 0.3) is 10.8 Å². The highest BCUT2D eigenvalue weighted by Crippen LogP contribution is 2.36. The summed E-state index contributed by atoms with van der Waals surface area (Å²) in [6, 6.07) is 10.9. The van der Waals surface area contributed by atoms with E-state index in [0.29, 0.717) is 22.2 Å². The van der Waals surface area contributed by atoms with Crippen LogP contribution in [0, 0.1) is 13.8 Å². The van der Waals surface area contributed by atoms with Crippen molar-refractivity contribution >= 4 is 22.4 Å². The standard InChI is InChI=1S/C24H25FN2O4/c1-14-6-4-9-19-16(7-5-8-18(14)19)13-27(23(29)24(3,25)30)17-10-11-20-21(12-17)15(2)26-31-22(20)28/h4,6,9-12,16,30H,5,7-8,13H2,1-3H3/t16?,24-/m1/s1. The van der Waals surface area contributed by atoms with E-state index in [1.54, 1.807) is 19.1 Å². The van der Waals surface area contributed by atoms with Crippen molar-refractivity contribution in [2.24, 2.45) is 0 Å². The van der Waals surface area contributed by atoms with E-state index in [2.05, 4.69) is 24.2 Å². The maximum absolute atomic E-state index is 14.4. The molecule has 0 radical (unpaired) electrons. The SMILES string of the molecule is Cc1cccc2c1CCCC2CN(C(=O)[C@@](C)(O)F)c1ccc2c(=O)onc(C)c2c1. The van der Waals surface area contributed by atoms with Crippen LogP contribution in [0.15, 0.2) is 45.7 Å². The van der Waals surface area contributed by atoms with Crippen molar-refractivity contribution in [1.82, 2.24) is 5.16 Å². The van der Waals surface area contributed by atoms with Gasteiger partial charge in [-0.2, -0.15) is 0 Å². The van der Waals surface area contributed by atoms with Gasteiger partial charge in [-0.05, 0) is 68.0 Å². The van der Waals surface area contributed by atoms with Gasteiger partial charge < -0.3 is 14.5 Å². The average Bonchev–Trinajstić information content (AvgIpc) is 2.74. The fraction of sp³-hybridized carbons (Fsp3) is 0.375. The van der Waals surface area contributed by atoms with Crippen LogP contribution in [-0.2, 0) is 11.2 Å². The Bertz CT molecular complexity index is 1210. The zero-order chi connectivity index (χ0) is 22.3. The first kappa shape index (κ1) is 21.2. The van der Waals surface area contributed by atoms with Gasteiger partial charge in [0, 0.05) is 30.5 Å². The smallest absolute Gasteiger partial charge is 0.355 e. The first-order valence-electron chi connectivity index (χ1n) is 10.4. The average molecular weight is 424 g/mol. The molecule has 1 unspecified atom stereocenters. The van der Waals surface area contributed by atoms with Crippen molar-refractivity contribution < 1.29 is 18.8 Å². The van der Waals surface area contributed by atoms with E-state index in [1.807, 2.05) is 6.07 Å². The van der Waals surface area contributed by atoms with Gasteiger partial charge in [0.25, 0.3) is 11.8 Å². The lowest BCUT2D eigenvalue weighted by molar-refractivity contribution is -0.153. The third-order valence-electron chi connectivity index (χ3n) is 6.09. The summed E-state index contributed by atoms with van der Waals surface area (Å²) in [6.07, 6.45) is 2.80. The van der Waals surface area contributed by atoms with Crippen molar-refractivity contribution in [1.29, 1.82) is 0 Å². The molecule has 1 heterocycles. The first-order valence-corrected chi connectivity index (χ1v) is 10.4. The molecule has 0 saturated heterocycles. The summed E-state index contributed by atoms with van der Waals surface area (Å²) in [5.74, 6) is -4.06. The molecule has 0 aliphatic heterocycles. The number of hydrogen-bond donors (Lipinski definition) is 1. The van der Waals surface area contributed by atoms with Gasteiger partial charge in [-0.15, -0.1) is 0 Å². The van der Waals surface area contributed by atoms with E-state index < -0.39 is 17.4 Å². The van der Waals surface area contributed by atoms with Crippen LogP contribution in [0.3, 0.4) is 0 Å². The molecule has 0 saturated carbocycles. The molecule has 0 spiro atoms. The van der Waals surface area contributed by atoms with Gasteiger partial charge in [0.15, 0.2) is 0 Å². The predicted octanol–water partition coefficient (Wildman–Crippen LogP) is 3.94. The number of aliphatic hydroxyl groups is 1. The molecule has 0 fully saturated rings. The number of alkyl halides is 1. The summed E-state index contributed by atoms with van der Waals surface area (Å²) in [5.41, 5.74) is 3.92. The molecule has 6 nitrogen and oxygen atoms in total. The van der Waals surface area contributed by atoms with Gasteiger partial charge in [-0.1, -0.05) is 23.4 Å². The van der Waals surface area contributed by atoms with Crippen molar-refractivity contribution in [2.75, 3.05) is 11.4 Å². The Hall–Kier alpha value is -3.06. The molecule has 0 bridgehead atoms. The predicted molar refractivity (Wildman–Crippen MR) is 116 cm³/mol. The Morgan fingerprint density at radius 1 is 1.29 bits per heavy atom. The van der Waals surface area contributed by atoms with Crippen molar-refractivity contribution in [3.8, 4) is 0 Å². The Kier molecular flexibility index (Phi) is 5.39. The molecule has 1 amide bonds. The molecule has 162 valence electrons. The summed E-state index contributed by atoms with van der Waals surface area (Å²) < 4.78 is 19.1. The zero-order valence-corrected chi connectivity index (χ0v) is 17.8. The molecular formula is C24H25FN2O4. The second-order valence-corrected chi connectivity index (χ2v) is 8.39. The summed E-state index contributed by atoms with van der Waals surface area (Å²) in [4.78, 5) is 26.2. The Labute approximate surface area is 179 Å².